The first kappa shape index (κ1) is 15.8. The minimum Gasteiger partial charge on any atom is -0.336 e. The fourth-order valence-corrected chi connectivity index (χ4v) is 3.93. The second-order valence-corrected chi connectivity index (χ2v) is 6.60. The van der Waals surface area contributed by atoms with Crippen LogP contribution in [0.3, 0.4) is 0 Å². The van der Waals surface area contributed by atoms with Crippen molar-refractivity contribution in [1.82, 2.24) is 4.90 Å². The predicted molar refractivity (Wildman–Crippen MR) is 86.0 cm³/mol. The highest BCUT2D eigenvalue weighted by molar-refractivity contribution is 9.10. The Kier molecular flexibility index (Phi) is 5.47. The van der Waals surface area contributed by atoms with Gasteiger partial charge >= 0.3 is 0 Å². The number of nitrogens with two attached hydrogens (primary N) is 1. The number of rotatable bonds is 4. The molecular weight excluding hydrogens is 340 g/mol. The molecule has 2 rings (SSSR count). The van der Waals surface area contributed by atoms with E-state index >= 15 is 0 Å². The quantitative estimate of drug-likeness (QED) is 0.891. The molecule has 3 nitrogen and oxygen atoms in total. The lowest BCUT2D eigenvalue weighted by molar-refractivity contribution is 0.0652. The van der Waals surface area contributed by atoms with Crippen LogP contribution < -0.4 is 5.73 Å². The van der Waals surface area contributed by atoms with Crippen LogP contribution in [0.2, 0.25) is 5.02 Å². The van der Waals surface area contributed by atoms with E-state index in [4.69, 9.17) is 17.3 Å². The molecule has 1 aliphatic carbocycles. The minimum absolute atomic E-state index is 0.0426. The Balaban J connectivity index is 2.24. The Hall–Kier alpha value is -0.580. The summed E-state index contributed by atoms with van der Waals surface area (Å²) in [6, 6.07) is 5.59. The summed E-state index contributed by atoms with van der Waals surface area (Å²) in [6.45, 7) is 3.36. The molecule has 0 heterocycles. The second-order valence-electron chi connectivity index (χ2n) is 5.24. The number of benzene rings is 1. The van der Waals surface area contributed by atoms with Crippen LogP contribution in [0, 0.1) is 5.92 Å². The zero-order valence-corrected chi connectivity index (χ0v) is 14.0. The third-order valence-corrected chi connectivity index (χ3v) is 4.71. The summed E-state index contributed by atoms with van der Waals surface area (Å²) in [5, 5.41) is 0.570. The fourth-order valence-electron chi connectivity index (χ4n) is 3.07. The van der Waals surface area contributed by atoms with Gasteiger partial charge in [-0.1, -0.05) is 34.0 Å². The Morgan fingerprint density at radius 2 is 2.20 bits per heavy atom. The zero-order valence-electron chi connectivity index (χ0n) is 11.6. The topological polar surface area (TPSA) is 46.3 Å². The van der Waals surface area contributed by atoms with Gasteiger partial charge in [0.25, 0.3) is 5.91 Å². The van der Waals surface area contributed by atoms with Gasteiger partial charge in [0, 0.05) is 27.6 Å². The minimum atomic E-state index is 0.0426. The monoisotopic (exact) mass is 358 g/mol. The highest BCUT2D eigenvalue weighted by Crippen LogP contribution is 2.31. The molecule has 0 aromatic heterocycles. The molecule has 0 aliphatic heterocycles. The van der Waals surface area contributed by atoms with E-state index in [1.165, 1.54) is 0 Å². The molecule has 2 N–H and O–H groups in total. The Bertz CT molecular complexity index is 475. The highest BCUT2D eigenvalue weighted by Gasteiger charge is 2.33. The van der Waals surface area contributed by atoms with Crippen molar-refractivity contribution < 1.29 is 4.79 Å². The molecule has 0 saturated heterocycles. The summed E-state index contributed by atoms with van der Waals surface area (Å²) < 4.78 is 0.825. The van der Waals surface area contributed by atoms with Gasteiger partial charge in [-0.2, -0.15) is 0 Å². The first-order valence-electron chi connectivity index (χ1n) is 7.04. The number of amides is 1. The number of nitrogens with zero attached hydrogens (tertiary/aromatic N) is 1. The summed E-state index contributed by atoms with van der Waals surface area (Å²) in [5.41, 5.74) is 6.47. The second kappa shape index (κ2) is 6.92. The number of carbonyl (C=O) groups is 1. The van der Waals surface area contributed by atoms with E-state index in [1.54, 1.807) is 12.1 Å². The molecule has 0 radical (unpaired) electrons. The van der Waals surface area contributed by atoms with Gasteiger partial charge in [-0.3, -0.25) is 4.79 Å². The van der Waals surface area contributed by atoms with Crippen LogP contribution in [0.25, 0.3) is 0 Å². The van der Waals surface area contributed by atoms with Crippen LogP contribution in [-0.4, -0.2) is 29.9 Å². The van der Waals surface area contributed by atoms with E-state index < -0.39 is 0 Å². The molecule has 0 spiro atoms. The molecule has 1 saturated carbocycles. The Morgan fingerprint density at radius 3 is 2.80 bits per heavy atom. The van der Waals surface area contributed by atoms with Gasteiger partial charge in [-0.25, -0.2) is 0 Å². The maximum atomic E-state index is 12.7. The summed E-state index contributed by atoms with van der Waals surface area (Å²) in [5.74, 6) is 0.461. The molecule has 1 aromatic carbocycles. The van der Waals surface area contributed by atoms with E-state index in [0.717, 1.165) is 23.7 Å². The fraction of sp³-hybridized carbons (Fsp3) is 0.533. The van der Waals surface area contributed by atoms with Crippen molar-refractivity contribution in [2.24, 2.45) is 11.7 Å². The van der Waals surface area contributed by atoms with E-state index in [9.17, 15) is 4.79 Å². The third kappa shape index (κ3) is 3.35. The van der Waals surface area contributed by atoms with Crippen molar-refractivity contribution in [1.29, 1.82) is 0 Å². The normalized spacial score (nSPS) is 22.0. The summed E-state index contributed by atoms with van der Waals surface area (Å²) >= 11 is 9.42. The van der Waals surface area contributed by atoms with Gasteiger partial charge in [0.1, 0.15) is 0 Å². The average Bonchev–Trinajstić information content (AvgIpc) is 2.86. The number of hydrogen-bond acceptors (Lipinski definition) is 2. The lowest BCUT2D eigenvalue weighted by Crippen LogP contribution is -2.44. The largest absolute Gasteiger partial charge is 0.336 e. The molecule has 1 aliphatic rings. The maximum Gasteiger partial charge on any atom is 0.254 e. The number of hydrogen-bond donors (Lipinski definition) is 1. The van der Waals surface area contributed by atoms with Crippen LogP contribution in [0.4, 0.5) is 0 Å². The summed E-state index contributed by atoms with van der Waals surface area (Å²) in [4.78, 5) is 14.7. The van der Waals surface area contributed by atoms with Crippen molar-refractivity contribution in [2.75, 3.05) is 13.1 Å². The van der Waals surface area contributed by atoms with Gasteiger partial charge < -0.3 is 10.6 Å². The molecule has 5 heteroatoms. The van der Waals surface area contributed by atoms with Crippen LogP contribution in [0.1, 0.15) is 36.5 Å². The van der Waals surface area contributed by atoms with Crippen molar-refractivity contribution in [3.8, 4) is 0 Å². The predicted octanol–water partition coefficient (Wildman–Crippen LogP) is 3.69. The summed E-state index contributed by atoms with van der Waals surface area (Å²) in [6.07, 6.45) is 3.31. The van der Waals surface area contributed by atoms with Gasteiger partial charge in [0.2, 0.25) is 0 Å². The van der Waals surface area contributed by atoms with Gasteiger partial charge in [-0.15, -0.1) is 0 Å². The Labute approximate surface area is 133 Å². The standard InChI is InChI=1S/C15H20BrClN2O/c1-2-19(14-5-3-4-10(14)9-18)15(20)11-6-12(16)8-13(17)7-11/h6-8,10,14H,2-5,9,18H2,1H3. The van der Waals surface area contributed by atoms with E-state index in [1.807, 2.05) is 17.9 Å². The van der Waals surface area contributed by atoms with Crippen molar-refractivity contribution in [3.05, 3.63) is 33.3 Å². The Morgan fingerprint density at radius 1 is 1.45 bits per heavy atom. The highest BCUT2D eigenvalue weighted by atomic mass is 79.9. The maximum absolute atomic E-state index is 12.7. The van der Waals surface area contributed by atoms with Crippen molar-refractivity contribution in [3.63, 3.8) is 0 Å². The van der Waals surface area contributed by atoms with Crippen molar-refractivity contribution in [2.45, 2.75) is 32.2 Å². The SMILES string of the molecule is CCN(C(=O)c1cc(Cl)cc(Br)c1)C1CCCC1CN. The molecule has 2 unspecified atom stereocenters. The smallest absolute Gasteiger partial charge is 0.254 e. The molecule has 1 fully saturated rings. The molecule has 1 aromatic rings. The zero-order chi connectivity index (χ0) is 14.7. The number of carbonyl (C=O) groups excluding carboxylic acids is 1. The lowest BCUT2D eigenvalue weighted by Gasteiger charge is -2.32. The molecule has 20 heavy (non-hydrogen) atoms. The molecular formula is C15H20BrClN2O. The molecule has 0 bridgehead atoms. The van der Waals surface area contributed by atoms with Crippen LogP contribution in [0.5, 0.6) is 0 Å². The molecule has 1 amide bonds. The van der Waals surface area contributed by atoms with Crippen LogP contribution >= 0.6 is 27.5 Å². The summed E-state index contributed by atoms with van der Waals surface area (Å²) in [7, 11) is 0. The van der Waals surface area contributed by atoms with E-state index in [0.29, 0.717) is 29.6 Å². The van der Waals surface area contributed by atoms with E-state index in [2.05, 4.69) is 15.9 Å². The first-order chi connectivity index (χ1) is 9.56. The lowest BCUT2D eigenvalue weighted by atomic mass is 10.0. The third-order valence-electron chi connectivity index (χ3n) is 4.03. The average molecular weight is 360 g/mol. The van der Waals surface area contributed by atoms with Crippen LogP contribution in [-0.2, 0) is 0 Å². The van der Waals surface area contributed by atoms with Crippen molar-refractivity contribution >= 4 is 33.4 Å². The number of halogens is 2. The molecule has 2 atom stereocenters. The van der Waals surface area contributed by atoms with Gasteiger partial charge in [0.05, 0.1) is 0 Å². The van der Waals surface area contributed by atoms with Crippen LogP contribution in [0.15, 0.2) is 22.7 Å². The van der Waals surface area contributed by atoms with E-state index in [-0.39, 0.29) is 11.9 Å². The van der Waals surface area contributed by atoms with Gasteiger partial charge in [-0.05, 0) is 50.4 Å². The van der Waals surface area contributed by atoms with Gasteiger partial charge in [0.15, 0.2) is 0 Å². The molecule has 110 valence electrons. The first-order valence-corrected chi connectivity index (χ1v) is 8.21.